The number of anilines is 2. The van der Waals surface area contributed by atoms with E-state index < -0.39 is 0 Å². The van der Waals surface area contributed by atoms with E-state index in [1.165, 1.54) is 0 Å². The molecule has 3 amide bonds. The quantitative estimate of drug-likeness (QED) is 0.702. The van der Waals surface area contributed by atoms with Gasteiger partial charge in [-0.05, 0) is 49.8 Å². The molecule has 0 spiro atoms. The highest BCUT2D eigenvalue weighted by molar-refractivity contribution is 6.02. The highest BCUT2D eigenvalue weighted by Crippen LogP contribution is 2.28. The standard InChI is InChI=1S/C26H40N4O3/c1-19(2)17-24(31)29-14-8-13-28(15-16-29)23-10-9-21(27-25(32)20(3)4)18-22(23)26(33)30-11-6-5-7-12-30/h9-10,18-20H,5-8,11-17H2,1-4H3,(H,27,32). The van der Waals surface area contributed by atoms with Crippen molar-refractivity contribution in [2.24, 2.45) is 11.8 Å². The summed E-state index contributed by atoms with van der Waals surface area (Å²) in [7, 11) is 0. The summed E-state index contributed by atoms with van der Waals surface area (Å²) in [4.78, 5) is 44.5. The van der Waals surface area contributed by atoms with Crippen LogP contribution in [0.1, 0.15) is 70.2 Å². The molecule has 0 saturated carbocycles. The Hall–Kier alpha value is -2.57. The molecule has 33 heavy (non-hydrogen) atoms. The number of benzene rings is 1. The minimum Gasteiger partial charge on any atom is -0.369 e. The molecule has 0 bridgehead atoms. The fraction of sp³-hybridized carbons (Fsp3) is 0.654. The van der Waals surface area contributed by atoms with Crippen LogP contribution in [0.25, 0.3) is 0 Å². The van der Waals surface area contributed by atoms with Crippen molar-refractivity contribution in [2.45, 2.75) is 59.8 Å². The van der Waals surface area contributed by atoms with Gasteiger partial charge in [0.2, 0.25) is 11.8 Å². The second-order valence-corrected chi connectivity index (χ2v) is 10.0. The molecule has 2 saturated heterocycles. The fourth-order valence-corrected chi connectivity index (χ4v) is 4.50. The van der Waals surface area contributed by atoms with Gasteiger partial charge in [0, 0.05) is 63.0 Å². The molecule has 0 radical (unpaired) electrons. The molecule has 2 aliphatic rings. The molecule has 1 N–H and O–H groups in total. The van der Waals surface area contributed by atoms with Gasteiger partial charge in [0.1, 0.15) is 0 Å². The third kappa shape index (κ3) is 6.71. The lowest BCUT2D eigenvalue weighted by Crippen LogP contribution is -2.38. The van der Waals surface area contributed by atoms with Crippen LogP contribution in [0.4, 0.5) is 11.4 Å². The number of hydrogen-bond acceptors (Lipinski definition) is 4. The van der Waals surface area contributed by atoms with Crippen molar-refractivity contribution in [3.05, 3.63) is 23.8 Å². The lowest BCUT2D eigenvalue weighted by molar-refractivity contribution is -0.131. The molecule has 0 atom stereocenters. The average Bonchev–Trinajstić information content (AvgIpc) is 3.05. The molecule has 0 aromatic heterocycles. The summed E-state index contributed by atoms with van der Waals surface area (Å²) in [5.74, 6) is 0.392. The zero-order chi connectivity index (χ0) is 24.0. The maximum absolute atomic E-state index is 13.5. The molecule has 3 rings (SSSR count). The van der Waals surface area contributed by atoms with Crippen molar-refractivity contribution >= 4 is 29.1 Å². The Kier molecular flexibility index (Phi) is 8.75. The van der Waals surface area contributed by atoms with Gasteiger partial charge in [0.05, 0.1) is 5.56 Å². The van der Waals surface area contributed by atoms with Gasteiger partial charge in [0.15, 0.2) is 0 Å². The van der Waals surface area contributed by atoms with E-state index in [1.54, 1.807) is 0 Å². The third-order valence-corrected chi connectivity index (χ3v) is 6.43. The summed E-state index contributed by atoms with van der Waals surface area (Å²) in [5, 5.41) is 2.94. The first kappa shape index (κ1) is 25.1. The van der Waals surface area contributed by atoms with Gasteiger partial charge < -0.3 is 20.0 Å². The number of carbonyl (C=O) groups is 3. The molecule has 1 aromatic carbocycles. The minimum absolute atomic E-state index is 0.0299. The van der Waals surface area contributed by atoms with Gasteiger partial charge in [-0.2, -0.15) is 0 Å². The maximum Gasteiger partial charge on any atom is 0.256 e. The molecule has 1 aromatic rings. The topological polar surface area (TPSA) is 73.0 Å². The number of carbonyl (C=O) groups excluding carboxylic acids is 3. The molecule has 2 aliphatic heterocycles. The second kappa shape index (κ2) is 11.5. The monoisotopic (exact) mass is 456 g/mol. The minimum atomic E-state index is -0.133. The van der Waals surface area contributed by atoms with Crippen LogP contribution in [0.15, 0.2) is 18.2 Å². The largest absolute Gasteiger partial charge is 0.369 e. The lowest BCUT2D eigenvalue weighted by atomic mass is 10.1. The average molecular weight is 457 g/mol. The second-order valence-electron chi connectivity index (χ2n) is 10.0. The Morgan fingerprint density at radius 3 is 2.21 bits per heavy atom. The van der Waals surface area contributed by atoms with Crippen LogP contribution >= 0.6 is 0 Å². The molecule has 0 unspecified atom stereocenters. The number of nitrogens with one attached hydrogen (secondary N) is 1. The molecule has 7 nitrogen and oxygen atoms in total. The van der Waals surface area contributed by atoms with Crippen molar-refractivity contribution < 1.29 is 14.4 Å². The van der Waals surface area contributed by atoms with Crippen molar-refractivity contribution in [1.82, 2.24) is 9.80 Å². The normalized spacial score (nSPS) is 17.3. The number of rotatable bonds is 6. The number of amides is 3. The van der Waals surface area contributed by atoms with Crippen LogP contribution < -0.4 is 10.2 Å². The highest BCUT2D eigenvalue weighted by Gasteiger charge is 2.26. The molecular weight excluding hydrogens is 416 g/mol. The Morgan fingerprint density at radius 2 is 1.55 bits per heavy atom. The Balaban J connectivity index is 1.84. The maximum atomic E-state index is 13.5. The van der Waals surface area contributed by atoms with Crippen LogP contribution in [0.2, 0.25) is 0 Å². The first-order chi connectivity index (χ1) is 15.8. The molecule has 182 valence electrons. The molecule has 7 heteroatoms. The van der Waals surface area contributed by atoms with Crippen LogP contribution in [0.5, 0.6) is 0 Å². The van der Waals surface area contributed by atoms with Gasteiger partial charge >= 0.3 is 0 Å². The SMILES string of the molecule is CC(C)CC(=O)N1CCCN(c2ccc(NC(=O)C(C)C)cc2C(=O)N2CCCCC2)CC1. The number of nitrogens with zero attached hydrogens (tertiary/aromatic N) is 3. The number of piperidine rings is 1. The van der Waals surface area contributed by atoms with Crippen molar-refractivity contribution in [3.63, 3.8) is 0 Å². The zero-order valence-corrected chi connectivity index (χ0v) is 20.7. The lowest BCUT2D eigenvalue weighted by Gasteiger charge is -2.31. The van der Waals surface area contributed by atoms with Crippen LogP contribution in [0.3, 0.4) is 0 Å². The Bertz CT molecular complexity index is 846. The first-order valence-corrected chi connectivity index (χ1v) is 12.5. The van der Waals surface area contributed by atoms with Crippen molar-refractivity contribution in [3.8, 4) is 0 Å². The first-order valence-electron chi connectivity index (χ1n) is 12.5. The molecule has 0 aliphatic carbocycles. The summed E-state index contributed by atoms with van der Waals surface area (Å²) in [5.41, 5.74) is 2.19. The van der Waals surface area contributed by atoms with Gasteiger partial charge in [0.25, 0.3) is 5.91 Å². The molecular formula is C26H40N4O3. The predicted octanol–water partition coefficient (Wildman–Crippen LogP) is 3.99. The Labute approximate surface area is 198 Å². The van der Waals surface area contributed by atoms with Gasteiger partial charge in [-0.3, -0.25) is 14.4 Å². The summed E-state index contributed by atoms with van der Waals surface area (Å²) >= 11 is 0. The van der Waals surface area contributed by atoms with E-state index in [-0.39, 0.29) is 23.6 Å². The molecule has 2 heterocycles. The zero-order valence-electron chi connectivity index (χ0n) is 20.7. The smallest absolute Gasteiger partial charge is 0.256 e. The summed E-state index contributed by atoms with van der Waals surface area (Å²) < 4.78 is 0. The highest BCUT2D eigenvalue weighted by atomic mass is 16.2. The van der Waals surface area contributed by atoms with E-state index in [0.717, 1.165) is 57.5 Å². The van der Waals surface area contributed by atoms with E-state index in [0.29, 0.717) is 36.7 Å². The fourth-order valence-electron chi connectivity index (χ4n) is 4.50. The number of likely N-dealkylation sites (tertiary alicyclic amines) is 1. The predicted molar refractivity (Wildman–Crippen MR) is 133 cm³/mol. The van der Waals surface area contributed by atoms with E-state index in [2.05, 4.69) is 24.1 Å². The summed E-state index contributed by atoms with van der Waals surface area (Å²) in [6.07, 6.45) is 4.66. The van der Waals surface area contributed by atoms with Crippen molar-refractivity contribution in [2.75, 3.05) is 49.5 Å². The summed E-state index contributed by atoms with van der Waals surface area (Å²) in [6, 6.07) is 5.67. The van der Waals surface area contributed by atoms with Gasteiger partial charge in [-0.25, -0.2) is 0 Å². The Morgan fingerprint density at radius 1 is 0.848 bits per heavy atom. The summed E-state index contributed by atoms with van der Waals surface area (Å²) in [6.45, 7) is 12.3. The number of hydrogen-bond donors (Lipinski definition) is 1. The van der Waals surface area contributed by atoms with E-state index in [1.807, 2.05) is 41.8 Å². The van der Waals surface area contributed by atoms with Crippen LogP contribution in [-0.4, -0.2) is 66.8 Å². The van der Waals surface area contributed by atoms with Crippen LogP contribution in [0, 0.1) is 11.8 Å². The van der Waals surface area contributed by atoms with Crippen LogP contribution in [-0.2, 0) is 9.59 Å². The molecule has 2 fully saturated rings. The van der Waals surface area contributed by atoms with Crippen molar-refractivity contribution in [1.29, 1.82) is 0 Å². The van der Waals surface area contributed by atoms with E-state index in [9.17, 15) is 14.4 Å². The van der Waals surface area contributed by atoms with E-state index in [4.69, 9.17) is 0 Å². The van der Waals surface area contributed by atoms with E-state index >= 15 is 0 Å². The van der Waals surface area contributed by atoms with Gasteiger partial charge in [-0.1, -0.05) is 27.7 Å². The third-order valence-electron chi connectivity index (χ3n) is 6.43. The van der Waals surface area contributed by atoms with Gasteiger partial charge in [-0.15, -0.1) is 0 Å².